The van der Waals surface area contributed by atoms with Gasteiger partial charge in [-0.3, -0.25) is 4.90 Å². The van der Waals surface area contributed by atoms with Crippen LogP contribution in [0.2, 0.25) is 0 Å². The average Bonchev–Trinajstić information content (AvgIpc) is 3.17. The highest BCUT2D eigenvalue weighted by Crippen LogP contribution is 2.32. The molecular formula is C23H33NOS. The van der Waals surface area contributed by atoms with Crippen LogP contribution in [0.25, 0.3) is 0 Å². The lowest BCUT2D eigenvalue weighted by molar-refractivity contribution is 0.0369. The third-order valence-corrected chi connectivity index (χ3v) is 6.62. The van der Waals surface area contributed by atoms with Crippen LogP contribution in [-0.2, 0) is 17.6 Å². The first kappa shape index (κ1) is 19.6. The Kier molecular flexibility index (Phi) is 8.19. The molecule has 0 amide bonds. The van der Waals surface area contributed by atoms with E-state index in [0.29, 0.717) is 0 Å². The standard InChI is InChI=1S/C23H33NOS/c1-2-20-18-23(26-19-20)22(11-6-10-21-8-4-3-5-9-21)12-7-13-24-14-16-25-17-15-24/h3-5,8-9,18-19,22H,2,6-7,10-17H2,1H3. The van der Waals surface area contributed by atoms with Crippen molar-refractivity contribution in [3.63, 3.8) is 0 Å². The molecule has 1 aromatic carbocycles. The predicted octanol–water partition coefficient (Wildman–Crippen LogP) is 5.53. The van der Waals surface area contributed by atoms with Crippen LogP contribution >= 0.6 is 11.3 Å². The van der Waals surface area contributed by atoms with E-state index in [1.54, 1.807) is 4.88 Å². The summed E-state index contributed by atoms with van der Waals surface area (Å²) in [5.74, 6) is 0.727. The molecular weight excluding hydrogens is 338 g/mol. The van der Waals surface area contributed by atoms with Gasteiger partial charge in [-0.25, -0.2) is 0 Å². The van der Waals surface area contributed by atoms with Crippen LogP contribution < -0.4 is 0 Å². The molecule has 0 radical (unpaired) electrons. The summed E-state index contributed by atoms with van der Waals surface area (Å²) in [6.45, 7) is 7.52. The zero-order valence-corrected chi connectivity index (χ0v) is 17.0. The van der Waals surface area contributed by atoms with Gasteiger partial charge in [0.25, 0.3) is 0 Å². The number of benzene rings is 1. The van der Waals surface area contributed by atoms with Gasteiger partial charge in [0.15, 0.2) is 0 Å². The van der Waals surface area contributed by atoms with Crippen molar-refractivity contribution >= 4 is 11.3 Å². The van der Waals surface area contributed by atoms with E-state index in [2.05, 4.69) is 53.6 Å². The highest BCUT2D eigenvalue weighted by Gasteiger charge is 2.16. The molecule has 0 aliphatic carbocycles. The van der Waals surface area contributed by atoms with Gasteiger partial charge in [-0.15, -0.1) is 11.3 Å². The van der Waals surface area contributed by atoms with Gasteiger partial charge in [-0.2, -0.15) is 0 Å². The van der Waals surface area contributed by atoms with Crippen molar-refractivity contribution in [2.45, 2.75) is 51.4 Å². The third kappa shape index (κ3) is 6.22. The van der Waals surface area contributed by atoms with Gasteiger partial charge >= 0.3 is 0 Å². The summed E-state index contributed by atoms with van der Waals surface area (Å²) < 4.78 is 5.47. The second-order valence-corrected chi connectivity index (χ2v) is 8.32. The molecule has 0 saturated carbocycles. The summed E-state index contributed by atoms with van der Waals surface area (Å²) in [6, 6.07) is 13.4. The Hall–Kier alpha value is -1.16. The van der Waals surface area contributed by atoms with E-state index < -0.39 is 0 Å². The van der Waals surface area contributed by atoms with Gasteiger partial charge in [0.05, 0.1) is 13.2 Å². The highest BCUT2D eigenvalue weighted by molar-refractivity contribution is 7.10. The van der Waals surface area contributed by atoms with E-state index in [1.807, 2.05) is 11.3 Å². The number of morpholine rings is 1. The van der Waals surface area contributed by atoms with E-state index >= 15 is 0 Å². The van der Waals surface area contributed by atoms with Crippen molar-refractivity contribution in [3.05, 3.63) is 57.8 Å². The number of rotatable bonds is 10. The van der Waals surface area contributed by atoms with Crippen LogP contribution in [0, 0.1) is 0 Å². The number of thiophene rings is 1. The van der Waals surface area contributed by atoms with Crippen molar-refractivity contribution in [1.29, 1.82) is 0 Å². The molecule has 3 rings (SSSR count). The molecule has 3 heteroatoms. The number of aryl methyl sites for hydroxylation is 2. The summed E-state index contributed by atoms with van der Waals surface area (Å²) >= 11 is 1.98. The zero-order valence-electron chi connectivity index (χ0n) is 16.2. The second-order valence-electron chi connectivity index (χ2n) is 7.38. The number of ether oxygens (including phenoxy) is 1. The quantitative estimate of drug-likeness (QED) is 0.544. The summed E-state index contributed by atoms with van der Waals surface area (Å²) in [6.07, 6.45) is 7.56. The first-order chi connectivity index (χ1) is 12.8. The van der Waals surface area contributed by atoms with Crippen LogP contribution in [0.3, 0.4) is 0 Å². The Morgan fingerprint density at radius 3 is 2.54 bits per heavy atom. The minimum absolute atomic E-state index is 0.727. The summed E-state index contributed by atoms with van der Waals surface area (Å²) in [5.41, 5.74) is 2.98. The topological polar surface area (TPSA) is 12.5 Å². The van der Waals surface area contributed by atoms with Gasteiger partial charge in [0.1, 0.15) is 0 Å². The molecule has 142 valence electrons. The second kappa shape index (κ2) is 10.9. The molecule has 1 aliphatic heterocycles. The fraction of sp³-hybridized carbons (Fsp3) is 0.565. The SMILES string of the molecule is CCc1csc(C(CCCc2ccccc2)CCCN2CCOCC2)c1. The molecule has 0 bridgehead atoms. The van der Waals surface area contributed by atoms with E-state index in [0.717, 1.165) is 38.6 Å². The Morgan fingerprint density at radius 1 is 1.04 bits per heavy atom. The molecule has 1 unspecified atom stereocenters. The molecule has 1 saturated heterocycles. The zero-order chi connectivity index (χ0) is 18.0. The van der Waals surface area contributed by atoms with Crippen LogP contribution in [-0.4, -0.2) is 37.7 Å². The van der Waals surface area contributed by atoms with Crippen molar-refractivity contribution in [1.82, 2.24) is 4.90 Å². The normalized spacial score (nSPS) is 16.7. The monoisotopic (exact) mass is 371 g/mol. The summed E-state index contributed by atoms with van der Waals surface area (Å²) in [4.78, 5) is 4.17. The molecule has 1 aliphatic rings. The van der Waals surface area contributed by atoms with Crippen molar-refractivity contribution in [2.24, 2.45) is 0 Å². The van der Waals surface area contributed by atoms with Crippen molar-refractivity contribution in [2.75, 3.05) is 32.8 Å². The Labute approximate surface area is 163 Å². The maximum Gasteiger partial charge on any atom is 0.0594 e. The Bertz CT molecular complexity index is 618. The smallest absolute Gasteiger partial charge is 0.0594 e. The first-order valence-corrected chi connectivity index (χ1v) is 11.1. The fourth-order valence-electron chi connectivity index (χ4n) is 3.81. The van der Waals surface area contributed by atoms with E-state index in [-0.39, 0.29) is 0 Å². The molecule has 1 aromatic heterocycles. The number of nitrogens with zero attached hydrogens (tertiary/aromatic N) is 1. The number of hydrogen-bond acceptors (Lipinski definition) is 3. The lowest BCUT2D eigenvalue weighted by Crippen LogP contribution is -2.36. The lowest BCUT2D eigenvalue weighted by atomic mass is 9.93. The van der Waals surface area contributed by atoms with Gasteiger partial charge in [0.2, 0.25) is 0 Å². The highest BCUT2D eigenvalue weighted by atomic mass is 32.1. The molecule has 1 fully saturated rings. The number of hydrogen-bond donors (Lipinski definition) is 0. The first-order valence-electron chi connectivity index (χ1n) is 10.3. The largest absolute Gasteiger partial charge is 0.379 e. The van der Waals surface area contributed by atoms with Gasteiger partial charge in [0, 0.05) is 18.0 Å². The van der Waals surface area contributed by atoms with Gasteiger partial charge in [-0.1, -0.05) is 37.3 Å². The molecule has 2 heterocycles. The molecule has 0 N–H and O–H groups in total. The summed E-state index contributed by atoms with van der Waals surface area (Å²) in [7, 11) is 0. The average molecular weight is 372 g/mol. The molecule has 1 atom stereocenters. The maximum absolute atomic E-state index is 5.47. The van der Waals surface area contributed by atoms with Crippen LogP contribution in [0.4, 0.5) is 0 Å². The molecule has 2 nitrogen and oxygen atoms in total. The van der Waals surface area contributed by atoms with Crippen LogP contribution in [0.5, 0.6) is 0 Å². The van der Waals surface area contributed by atoms with E-state index in [1.165, 1.54) is 49.8 Å². The van der Waals surface area contributed by atoms with Crippen molar-refractivity contribution < 1.29 is 4.74 Å². The van der Waals surface area contributed by atoms with Gasteiger partial charge < -0.3 is 4.74 Å². The third-order valence-electron chi connectivity index (χ3n) is 5.48. The van der Waals surface area contributed by atoms with Crippen LogP contribution in [0.15, 0.2) is 41.8 Å². The summed E-state index contributed by atoms with van der Waals surface area (Å²) in [5, 5.41) is 2.36. The van der Waals surface area contributed by atoms with Crippen molar-refractivity contribution in [3.8, 4) is 0 Å². The van der Waals surface area contributed by atoms with Crippen LogP contribution in [0.1, 0.15) is 54.5 Å². The minimum Gasteiger partial charge on any atom is -0.379 e. The molecule has 0 spiro atoms. The Balaban J connectivity index is 1.50. The fourth-order valence-corrected chi connectivity index (χ4v) is 4.98. The van der Waals surface area contributed by atoms with Gasteiger partial charge in [-0.05, 0) is 73.6 Å². The Morgan fingerprint density at radius 2 is 1.81 bits per heavy atom. The lowest BCUT2D eigenvalue weighted by Gasteiger charge is -2.27. The van der Waals surface area contributed by atoms with E-state index in [4.69, 9.17) is 4.74 Å². The van der Waals surface area contributed by atoms with E-state index in [9.17, 15) is 0 Å². The minimum atomic E-state index is 0.727. The molecule has 2 aromatic rings. The molecule has 26 heavy (non-hydrogen) atoms. The maximum atomic E-state index is 5.47. The predicted molar refractivity (Wildman–Crippen MR) is 112 cm³/mol.